The van der Waals surface area contributed by atoms with Gasteiger partial charge in [0.25, 0.3) is 0 Å². The largest absolute Gasteiger partial charge is 0.310 e. The molecule has 0 unspecified atom stereocenters. The number of hydrogen-bond donors (Lipinski definition) is 1. The first kappa shape index (κ1) is 18.7. The smallest absolute Gasteiger partial charge is 0.237 e. The molecule has 0 bridgehead atoms. The molecular formula is C25H23N3O. The molecule has 4 rings (SSSR count). The molecule has 0 aliphatic carbocycles. The molecule has 1 amide bonds. The molecule has 0 saturated carbocycles. The van der Waals surface area contributed by atoms with E-state index in [9.17, 15) is 4.79 Å². The lowest BCUT2D eigenvalue weighted by Gasteiger charge is -2.18. The number of benzene rings is 3. The first-order valence-corrected chi connectivity index (χ1v) is 9.70. The molecule has 144 valence electrons. The van der Waals surface area contributed by atoms with Crippen molar-refractivity contribution in [3.05, 3.63) is 119 Å². The van der Waals surface area contributed by atoms with Crippen LogP contribution in [0.1, 0.15) is 28.3 Å². The zero-order valence-corrected chi connectivity index (χ0v) is 16.3. The lowest BCUT2D eigenvalue weighted by atomic mass is 9.90. The Morgan fingerprint density at radius 2 is 1.38 bits per heavy atom. The zero-order chi connectivity index (χ0) is 20.1. The summed E-state index contributed by atoms with van der Waals surface area (Å²) < 4.78 is 1.84. The van der Waals surface area contributed by atoms with Crippen LogP contribution in [-0.4, -0.2) is 15.7 Å². The van der Waals surface area contributed by atoms with E-state index in [1.165, 1.54) is 0 Å². The SMILES string of the molecule is Cc1cc(NC(=O)C(c2ccccc2)c2ccccc2)n(Cc2ccccc2)n1. The van der Waals surface area contributed by atoms with Crippen LogP contribution in [0, 0.1) is 6.92 Å². The third-order valence-corrected chi connectivity index (χ3v) is 4.86. The molecule has 0 atom stereocenters. The first-order chi connectivity index (χ1) is 14.2. The number of nitrogens with zero attached hydrogens (tertiary/aromatic N) is 2. The monoisotopic (exact) mass is 381 g/mol. The Kier molecular flexibility index (Phi) is 5.52. The summed E-state index contributed by atoms with van der Waals surface area (Å²) in [4.78, 5) is 13.4. The molecule has 4 aromatic rings. The van der Waals surface area contributed by atoms with Crippen molar-refractivity contribution in [3.63, 3.8) is 0 Å². The van der Waals surface area contributed by atoms with Gasteiger partial charge in [0.1, 0.15) is 5.82 Å². The maximum Gasteiger partial charge on any atom is 0.237 e. The van der Waals surface area contributed by atoms with Crippen molar-refractivity contribution in [2.45, 2.75) is 19.4 Å². The second kappa shape index (κ2) is 8.57. The fraction of sp³-hybridized carbons (Fsp3) is 0.120. The van der Waals surface area contributed by atoms with Gasteiger partial charge in [0.05, 0.1) is 18.2 Å². The Balaban J connectivity index is 1.63. The molecule has 0 radical (unpaired) electrons. The van der Waals surface area contributed by atoms with Crippen LogP contribution in [-0.2, 0) is 11.3 Å². The minimum absolute atomic E-state index is 0.0726. The number of rotatable bonds is 6. The molecule has 4 heteroatoms. The zero-order valence-electron chi connectivity index (χ0n) is 16.3. The van der Waals surface area contributed by atoms with Crippen molar-refractivity contribution in [1.82, 2.24) is 9.78 Å². The maximum atomic E-state index is 13.4. The second-order valence-corrected chi connectivity index (χ2v) is 7.06. The number of aryl methyl sites for hydroxylation is 1. The van der Waals surface area contributed by atoms with E-state index < -0.39 is 5.92 Å². The van der Waals surface area contributed by atoms with Crippen LogP contribution in [0.5, 0.6) is 0 Å². The van der Waals surface area contributed by atoms with E-state index in [0.717, 1.165) is 22.4 Å². The summed E-state index contributed by atoms with van der Waals surface area (Å²) >= 11 is 0. The van der Waals surface area contributed by atoms with Crippen molar-refractivity contribution in [2.75, 3.05) is 5.32 Å². The van der Waals surface area contributed by atoms with Crippen molar-refractivity contribution in [1.29, 1.82) is 0 Å². The van der Waals surface area contributed by atoms with Gasteiger partial charge in [-0.15, -0.1) is 0 Å². The lowest BCUT2D eigenvalue weighted by Crippen LogP contribution is -2.24. The molecule has 4 nitrogen and oxygen atoms in total. The average Bonchev–Trinajstić information content (AvgIpc) is 3.09. The van der Waals surface area contributed by atoms with Crippen molar-refractivity contribution in [3.8, 4) is 0 Å². The topological polar surface area (TPSA) is 46.9 Å². The molecule has 1 aromatic heterocycles. The van der Waals surface area contributed by atoms with Crippen molar-refractivity contribution < 1.29 is 4.79 Å². The standard InChI is InChI=1S/C25H23N3O/c1-19-17-23(28(27-19)18-20-11-5-2-6-12-20)26-25(29)24(21-13-7-3-8-14-21)22-15-9-4-10-16-22/h2-17,24H,18H2,1H3,(H,26,29). The van der Waals surface area contributed by atoms with Gasteiger partial charge in [-0.3, -0.25) is 4.79 Å². The van der Waals surface area contributed by atoms with Crippen LogP contribution in [0.3, 0.4) is 0 Å². The number of hydrogen-bond acceptors (Lipinski definition) is 2. The fourth-order valence-electron chi connectivity index (χ4n) is 3.51. The summed E-state index contributed by atoms with van der Waals surface area (Å²) in [5, 5.41) is 7.68. The first-order valence-electron chi connectivity index (χ1n) is 9.70. The van der Waals surface area contributed by atoms with Gasteiger partial charge < -0.3 is 5.32 Å². The van der Waals surface area contributed by atoms with E-state index in [1.807, 2.05) is 96.5 Å². The number of carbonyl (C=O) groups excluding carboxylic acids is 1. The molecule has 0 aliphatic heterocycles. The Bertz CT molecular complexity index is 1030. The van der Waals surface area contributed by atoms with Crippen LogP contribution >= 0.6 is 0 Å². The molecule has 29 heavy (non-hydrogen) atoms. The molecule has 0 spiro atoms. The average molecular weight is 381 g/mol. The van der Waals surface area contributed by atoms with Crippen LogP contribution in [0.15, 0.2) is 97.1 Å². The summed E-state index contributed by atoms with van der Waals surface area (Å²) in [6, 6.07) is 31.7. The molecule has 1 heterocycles. The summed E-state index contributed by atoms with van der Waals surface area (Å²) in [5.74, 6) is 0.239. The summed E-state index contributed by atoms with van der Waals surface area (Å²) in [5.41, 5.74) is 3.92. The van der Waals surface area contributed by atoms with Crippen LogP contribution in [0.25, 0.3) is 0 Å². The molecular weight excluding hydrogens is 358 g/mol. The van der Waals surface area contributed by atoms with Crippen LogP contribution < -0.4 is 5.32 Å². The van der Waals surface area contributed by atoms with Gasteiger partial charge in [-0.25, -0.2) is 4.68 Å². The van der Waals surface area contributed by atoms with Gasteiger partial charge in [0, 0.05) is 6.07 Å². The van der Waals surface area contributed by atoms with Gasteiger partial charge in [-0.1, -0.05) is 91.0 Å². The normalized spacial score (nSPS) is 10.8. The second-order valence-electron chi connectivity index (χ2n) is 7.06. The number of aromatic nitrogens is 2. The molecule has 1 N–H and O–H groups in total. The number of carbonyl (C=O) groups is 1. The minimum atomic E-state index is -0.391. The third kappa shape index (κ3) is 4.43. The van der Waals surface area contributed by atoms with Gasteiger partial charge >= 0.3 is 0 Å². The summed E-state index contributed by atoms with van der Waals surface area (Å²) in [7, 11) is 0. The van der Waals surface area contributed by atoms with E-state index >= 15 is 0 Å². The van der Waals surface area contributed by atoms with Gasteiger partial charge in [-0.05, 0) is 23.6 Å². The highest BCUT2D eigenvalue weighted by Crippen LogP contribution is 2.26. The Hall–Kier alpha value is -3.66. The van der Waals surface area contributed by atoms with Gasteiger partial charge in [0.15, 0.2) is 0 Å². The number of amides is 1. The quantitative estimate of drug-likeness (QED) is 0.510. The van der Waals surface area contributed by atoms with Gasteiger partial charge in [-0.2, -0.15) is 5.10 Å². The highest BCUT2D eigenvalue weighted by atomic mass is 16.2. The van der Waals surface area contributed by atoms with E-state index in [4.69, 9.17) is 0 Å². The van der Waals surface area contributed by atoms with E-state index in [-0.39, 0.29) is 5.91 Å². The van der Waals surface area contributed by atoms with Gasteiger partial charge in [0.2, 0.25) is 5.91 Å². The van der Waals surface area contributed by atoms with Crippen LogP contribution in [0.2, 0.25) is 0 Å². The molecule has 3 aromatic carbocycles. The van der Waals surface area contributed by atoms with E-state index in [2.05, 4.69) is 22.5 Å². The molecule has 0 saturated heterocycles. The summed E-state index contributed by atoms with van der Waals surface area (Å²) in [6.45, 7) is 2.54. The Labute approximate surface area is 170 Å². The highest BCUT2D eigenvalue weighted by molar-refractivity contribution is 5.97. The molecule has 0 fully saturated rings. The molecule has 0 aliphatic rings. The highest BCUT2D eigenvalue weighted by Gasteiger charge is 2.23. The van der Waals surface area contributed by atoms with Crippen LogP contribution in [0.4, 0.5) is 5.82 Å². The predicted octanol–water partition coefficient (Wildman–Crippen LogP) is 5.01. The number of nitrogens with one attached hydrogen (secondary N) is 1. The maximum absolute atomic E-state index is 13.4. The fourth-order valence-corrected chi connectivity index (χ4v) is 3.51. The lowest BCUT2D eigenvalue weighted by molar-refractivity contribution is -0.116. The van der Waals surface area contributed by atoms with Crippen molar-refractivity contribution in [2.24, 2.45) is 0 Å². The summed E-state index contributed by atoms with van der Waals surface area (Å²) in [6.07, 6.45) is 0. The predicted molar refractivity (Wildman–Crippen MR) is 116 cm³/mol. The number of anilines is 1. The Morgan fingerprint density at radius 3 is 1.93 bits per heavy atom. The van der Waals surface area contributed by atoms with Crippen molar-refractivity contribution >= 4 is 11.7 Å². The third-order valence-electron chi connectivity index (χ3n) is 4.86. The van der Waals surface area contributed by atoms with E-state index in [1.54, 1.807) is 0 Å². The van der Waals surface area contributed by atoms with E-state index in [0.29, 0.717) is 12.4 Å². The minimum Gasteiger partial charge on any atom is -0.310 e. The Morgan fingerprint density at radius 1 is 0.862 bits per heavy atom.